The van der Waals surface area contributed by atoms with Gasteiger partial charge in [0, 0.05) is 36.3 Å². The number of hydrogen-bond donors (Lipinski definition) is 1. The highest BCUT2D eigenvalue weighted by molar-refractivity contribution is 7.18. The molecule has 0 radical (unpaired) electrons. The summed E-state index contributed by atoms with van der Waals surface area (Å²) >= 11 is 1.79. The number of nitrogens with one attached hydrogen (secondary N) is 1. The number of aromatic amines is 1. The molecule has 1 saturated carbocycles. The number of oxazole rings is 1. The van der Waals surface area contributed by atoms with Gasteiger partial charge in [-0.1, -0.05) is 418 Å². The average Bonchev–Trinajstić information content (AvgIpc) is 1.71. The molecule has 0 amide bonds. The fourth-order valence-corrected chi connectivity index (χ4v) is 12.7. The van der Waals surface area contributed by atoms with Gasteiger partial charge in [0.2, 0.25) is 0 Å². The van der Waals surface area contributed by atoms with E-state index in [1.165, 1.54) is 117 Å². The SMILES string of the molecule is CC.CC.CC.CC.CC.CC.CC.CC.CC.CC.CC(C)C1=CCCCC1.CC(C)C1C=CCCC1.CC(C)C1CC=CCC1.CC(C)C1CCCCC1.CC(C)c1ccccc1.CC(C)c1cccnc1.CC(C)c1cccnn1.CC(C)c1nc2ccccc2[nH]1.CC(C)c1nc2ccccc2o1.CC(C)c1nc2ccccc2s1. The van der Waals surface area contributed by atoms with Crippen molar-refractivity contribution >= 4 is 43.7 Å². The Hall–Kier alpha value is -6.84. The van der Waals surface area contributed by atoms with E-state index < -0.39 is 0 Å². The molecule has 119 heavy (non-hydrogen) atoms. The lowest BCUT2D eigenvalue weighted by atomic mass is 9.82. The first-order valence-corrected chi connectivity index (χ1v) is 49.1. The number of rotatable bonds is 10. The van der Waals surface area contributed by atoms with E-state index in [0.717, 1.165) is 86.5 Å². The molecule has 680 valence electrons. The predicted molar refractivity (Wildman–Crippen MR) is 546 cm³/mol. The van der Waals surface area contributed by atoms with Crippen molar-refractivity contribution in [2.45, 2.75) is 409 Å². The van der Waals surface area contributed by atoms with Crippen LogP contribution >= 0.6 is 11.3 Å². The highest BCUT2D eigenvalue weighted by Crippen LogP contribution is 2.31. The third-order valence-electron chi connectivity index (χ3n) is 18.6. The van der Waals surface area contributed by atoms with Crippen LogP contribution in [0.25, 0.3) is 32.3 Å². The Morgan fingerprint density at radius 3 is 1.27 bits per heavy atom. The van der Waals surface area contributed by atoms with Crippen LogP contribution in [-0.2, 0) is 0 Å². The van der Waals surface area contributed by atoms with E-state index in [9.17, 15) is 0 Å². The second-order valence-corrected chi connectivity index (χ2v) is 31.4. The Kier molecular flexibility index (Phi) is 92.2. The smallest absolute Gasteiger partial charge is 0.198 e. The summed E-state index contributed by atoms with van der Waals surface area (Å²) in [6.45, 7) is 84.3. The molecule has 13 rings (SSSR count). The summed E-state index contributed by atoms with van der Waals surface area (Å²) in [5, 5.41) is 8.92. The molecule has 4 aromatic carbocycles. The Labute approximate surface area is 744 Å². The third-order valence-corrected chi connectivity index (χ3v) is 20.0. The third kappa shape index (κ3) is 62.0. The van der Waals surface area contributed by atoms with Crippen molar-refractivity contribution in [2.24, 2.45) is 41.4 Å². The molecule has 2 unspecified atom stereocenters. The van der Waals surface area contributed by atoms with Crippen LogP contribution in [0.1, 0.15) is 442 Å². The molecule has 2 atom stereocenters. The van der Waals surface area contributed by atoms with Crippen molar-refractivity contribution in [2.75, 3.05) is 0 Å². The largest absolute Gasteiger partial charge is 0.440 e. The summed E-state index contributed by atoms with van der Waals surface area (Å²) < 4.78 is 6.81. The van der Waals surface area contributed by atoms with Gasteiger partial charge in [-0.2, -0.15) is 10.2 Å². The number of allylic oxidation sites excluding steroid dienone is 6. The molecular formula is C110H193N7OS. The molecule has 8 nitrogen and oxygen atoms in total. The zero-order chi connectivity index (χ0) is 92.5. The van der Waals surface area contributed by atoms with E-state index in [4.69, 9.17) is 4.42 Å². The summed E-state index contributed by atoms with van der Waals surface area (Å²) in [5.74, 6) is 11.4. The molecule has 5 aromatic heterocycles. The van der Waals surface area contributed by atoms with Gasteiger partial charge in [0.25, 0.3) is 0 Å². The molecule has 9 aromatic rings. The minimum Gasteiger partial charge on any atom is -0.440 e. The summed E-state index contributed by atoms with van der Waals surface area (Å²) in [6.07, 6.45) is 38.3. The quantitative estimate of drug-likeness (QED) is 0.136. The second kappa shape index (κ2) is 87.5. The maximum atomic E-state index is 5.52. The number of fused-ring (bicyclic) bond motifs is 3. The topological polar surface area (TPSA) is 106 Å². The summed E-state index contributed by atoms with van der Waals surface area (Å²) in [6, 6.07) is 42.7. The van der Waals surface area contributed by atoms with Gasteiger partial charge >= 0.3 is 0 Å². The number of H-pyrrole nitrogens is 1. The number of imidazole rings is 1. The van der Waals surface area contributed by atoms with Crippen LogP contribution in [0.5, 0.6) is 0 Å². The van der Waals surface area contributed by atoms with Crippen LogP contribution < -0.4 is 0 Å². The van der Waals surface area contributed by atoms with Crippen LogP contribution in [0, 0.1) is 41.4 Å². The molecule has 9 heteroatoms. The lowest BCUT2D eigenvalue weighted by Crippen LogP contribution is -2.12. The normalized spacial score (nSPS) is 13.6. The fourth-order valence-electron chi connectivity index (χ4n) is 11.7. The van der Waals surface area contributed by atoms with Gasteiger partial charge in [-0.05, 0) is 189 Å². The van der Waals surface area contributed by atoms with E-state index in [2.05, 4.69) is 253 Å². The number of thiazole rings is 1. The lowest BCUT2D eigenvalue weighted by Gasteiger charge is -2.24. The first-order chi connectivity index (χ1) is 57.4. The first kappa shape index (κ1) is 125. The minimum atomic E-state index is 0.359. The Morgan fingerprint density at radius 1 is 0.378 bits per heavy atom. The van der Waals surface area contributed by atoms with Gasteiger partial charge in [0.05, 0.1) is 32.0 Å². The van der Waals surface area contributed by atoms with Crippen LogP contribution in [0.4, 0.5) is 0 Å². The summed E-state index contributed by atoms with van der Waals surface area (Å²) in [5.41, 5.74) is 10.6. The molecular weight excluding hydrogens is 1470 g/mol. The number of benzene rings is 4. The number of para-hydroxylation sites is 5. The average molecular weight is 1660 g/mol. The highest BCUT2D eigenvalue weighted by Gasteiger charge is 2.17. The maximum Gasteiger partial charge on any atom is 0.198 e. The molecule has 0 spiro atoms. The molecule has 4 aliphatic rings. The van der Waals surface area contributed by atoms with Crippen molar-refractivity contribution in [3.63, 3.8) is 0 Å². The molecule has 4 aliphatic carbocycles. The highest BCUT2D eigenvalue weighted by atomic mass is 32.1. The van der Waals surface area contributed by atoms with E-state index in [0.29, 0.717) is 35.5 Å². The fraction of sp³-hybridized carbons (Fsp3) is 0.618. The molecule has 0 aliphatic heterocycles. The van der Waals surface area contributed by atoms with Gasteiger partial charge in [0.1, 0.15) is 11.3 Å². The summed E-state index contributed by atoms with van der Waals surface area (Å²) in [7, 11) is 0. The molecule has 0 saturated heterocycles. The minimum absolute atomic E-state index is 0.359. The first-order valence-electron chi connectivity index (χ1n) is 48.3. The van der Waals surface area contributed by atoms with Crippen molar-refractivity contribution in [1.29, 1.82) is 0 Å². The van der Waals surface area contributed by atoms with Crippen LogP contribution in [0.2, 0.25) is 0 Å². The molecule has 1 N–H and O–H groups in total. The molecule has 5 heterocycles. The second-order valence-electron chi connectivity index (χ2n) is 30.3. The van der Waals surface area contributed by atoms with Crippen molar-refractivity contribution in [3.05, 3.63) is 215 Å². The van der Waals surface area contributed by atoms with Crippen LogP contribution in [-0.4, -0.2) is 35.1 Å². The van der Waals surface area contributed by atoms with Gasteiger partial charge in [-0.15, -0.1) is 11.3 Å². The number of pyridine rings is 1. The zero-order valence-electron chi connectivity index (χ0n) is 85.4. The van der Waals surface area contributed by atoms with E-state index in [1.807, 2.05) is 224 Å². The van der Waals surface area contributed by atoms with Gasteiger partial charge in [-0.3, -0.25) is 4.98 Å². The predicted octanol–water partition coefficient (Wildman–Crippen LogP) is 38.3. The Morgan fingerprint density at radius 2 is 0.908 bits per heavy atom. The number of nitrogens with zero attached hydrogens (tertiary/aromatic N) is 6. The van der Waals surface area contributed by atoms with Crippen molar-refractivity contribution in [1.82, 2.24) is 35.1 Å². The van der Waals surface area contributed by atoms with Crippen LogP contribution in [0.3, 0.4) is 0 Å². The van der Waals surface area contributed by atoms with E-state index >= 15 is 0 Å². The Balaban J connectivity index is -0.000000229. The number of hydrogen-bond acceptors (Lipinski definition) is 8. The van der Waals surface area contributed by atoms with Crippen molar-refractivity contribution < 1.29 is 4.42 Å². The molecule has 0 bridgehead atoms. The van der Waals surface area contributed by atoms with Gasteiger partial charge < -0.3 is 9.40 Å². The monoisotopic (exact) mass is 1660 g/mol. The molecule has 1 fully saturated rings. The summed E-state index contributed by atoms with van der Waals surface area (Å²) in [4.78, 5) is 20.6. The van der Waals surface area contributed by atoms with Gasteiger partial charge in [-0.25, -0.2) is 15.0 Å². The van der Waals surface area contributed by atoms with Crippen molar-refractivity contribution in [3.8, 4) is 0 Å². The standard InChI is InChI=1S/C10H12N2.C10H11NO.C10H11NS.C9H18.3C9H16.C9H12.C8H11N.C7H10N2.10C2H6/c3*1-7(2)10-11-8-5-3-4-6-9(8)12-10;5*1-8(2)9-6-4-3-5-7-9;1-7(2)8-4-3-5-9-6-8;1-6(2)7-4-3-5-8-9-7;10*1-2/h3-7H,1-2H3,(H,11,12);2*3-7H,1-2H3;8-9H,3-7H2,1-2H3;6,8H,3-5,7H2,1-2H3;4,6,8-9H,3,5,7H2,1-2H3;3-4,8-9H,5-7H2,1-2H3;3-8H,1-2H3;3-7H,1-2H3;3-6H,1-2H3;10*1-2H3. The van der Waals surface area contributed by atoms with E-state index in [1.54, 1.807) is 29.3 Å². The zero-order valence-corrected chi connectivity index (χ0v) is 86.2. The maximum absolute atomic E-state index is 5.52. The van der Waals surface area contributed by atoms with Gasteiger partial charge in [0.15, 0.2) is 11.5 Å². The van der Waals surface area contributed by atoms with Crippen LogP contribution in [0.15, 0.2) is 186 Å². The van der Waals surface area contributed by atoms with E-state index in [-0.39, 0.29) is 0 Å². The lowest BCUT2D eigenvalue weighted by molar-refractivity contribution is 0.279. The number of aromatic nitrogens is 7. The Bertz CT molecular complexity index is 3170.